The maximum atomic E-state index is 14.3. The lowest BCUT2D eigenvalue weighted by Crippen LogP contribution is -2.52. The first-order chi connectivity index (χ1) is 24.8. The number of alkyl halides is 1. The molecule has 1 aromatic carbocycles. The number of pyridine rings is 2. The number of nitrogens with one attached hydrogen (secondary N) is 2. The minimum Gasteiger partial charge on any atom is -0.481 e. The van der Waals surface area contributed by atoms with Crippen LogP contribution in [0.25, 0.3) is 5.57 Å². The highest BCUT2D eigenvalue weighted by Gasteiger charge is 2.45. The van der Waals surface area contributed by atoms with Crippen molar-refractivity contribution >= 4 is 34.7 Å². The fourth-order valence-corrected chi connectivity index (χ4v) is 7.55. The van der Waals surface area contributed by atoms with Crippen molar-refractivity contribution in [1.82, 2.24) is 25.5 Å². The van der Waals surface area contributed by atoms with Crippen LogP contribution in [-0.4, -0.2) is 83.9 Å². The molecule has 2 aliphatic heterocycles. The Morgan fingerprint density at radius 1 is 1.20 bits per heavy atom. The predicted octanol–water partition coefficient (Wildman–Crippen LogP) is 4.76. The highest BCUT2D eigenvalue weighted by Crippen LogP contribution is 2.43. The van der Waals surface area contributed by atoms with Gasteiger partial charge in [-0.05, 0) is 52.8 Å². The number of aliphatic hydroxyl groups excluding tert-OH is 1. The smallest absolute Gasteiger partial charge is 0.270 e. The van der Waals surface area contributed by atoms with Crippen LogP contribution in [0.15, 0.2) is 66.9 Å². The van der Waals surface area contributed by atoms with Gasteiger partial charge in [-0.2, -0.15) is 5.26 Å². The van der Waals surface area contributed by atoms with Gasteiger partial charge in [0.2, 0.25) is 5.88 Å². The summed E-state index contributed by atoms with van der Waals surface area (Å²) in [7, 11) is 3.16. The van der Waals surface area contributed by atoms with Crippen molar-refractivity contribution in [3.05, 3.63) is 106 Å². The Hall–Kier alpha value is -3.86. The molecule has 0 bridgehead atoms. The van der Waals surface area contributed by atoms with E-state index in [0.717, 1.165) is 35.3 Å². The second kappa shape index (κ2) is 16.7. The number of nitriles is 1. The summed E-state index contributed by atoms with van der Waals surface area (Å²) in [5.74, 6) is 0.327. The SMILES string of the molecule is COCc1cc(C(=O)NC2(c3ccc(CN4CC(CC#N)C4)c(OC)n3)C=CC=C(c3ccccc3Cl)C2Cl)ncc1CN[C@@H]1CCOC[C@H]1O. The van der Waals surface area contributed by atoms with Gasteiger partial charge in [-0.1, -0.05) is 54.1 Å². The average molecular weight is 734 g/mol. The third-order valence-corrected chi connectivity index (χ3v) is 10.6. The van der Waals surface area contributed by atoms with Crippen molar-refractivity contribution in [1.29, 1.82) is 5.26 Å². The number of nitrogens with zero attached hydrogens (tertiary/aromatic N) is 4. The Labute approximate surface area is 308 Å². The zero-order valence-electron chi connectivity index (χ0n) is 28.6. The number of aromatic nitrogens is 2. The first-order valence-electron chi connectivity index (χ1n) is 17.0. The largest absolute Gasteiger partial charge is 0.481 e. The summed E-state index contributed by atoms with van der Waals surface area (Å²) in [6.45, 7) is 3.84. The minimum atomic E-state index is -1.33. The highest BCUT2D eigenvalue weighted by atomic mass is 35.5. The molecular weight excluding hydrogens is 691 g/mol. The van der Waals surface area contributed by atoms with E-state index in [4.69, 9.17) is 47.7 Å². The number of likely N-dealkylation sites (tertiary alicyclic amines) is 1. The number of hydrogen-bond acceptors (Lipinski definition) is 10. The number of rotatable bonds is 13. The second-order valence-electron chi connectivity index (χ2n) is 13.1. The van der Waals surface area contributed by atoms with Crippen LogP contribution in [0.3, 0.4) is 0 Å². The lowest BCUT2D eigenvalue weighted by Gasteiger charge is -2.40. The number of carbonyl (C=O) groups excluding carboxylic acids is 1. The number of ether oxygens (including phenoxy) is 3. The number of allylic oxidation sites excluding steroid dienone is 2. The fraction of sp³-hybridized carbons (Fsp3) is 0.421. The van der Waals surface area contributed by atoms with Crippen LogP contribution in [0.1, 0.15) is 51.3 Å². The molecule has 2 saturated heterocycles. The molecule has 6 rings (SSSR count). The molecular formula is C38H42Cl2N6O5. The highest BCUT2D eigenvalue weighted by molar-refractivity contribution is 6.34. The van der Waals surface area contributed by atoms with E-state index in [1.807, 2.05) is 48.6 Å². The van der Waals surface area contributed by atoms with E-state index in [9.17, 15) is 9.90 Å². The Bertz CT molecular complexity index is 1830. The summed E-state index contributed by atoms with van der Waals surface area (Å²) in [5, 5.41) is 25.7. The number of aliphatic hydroxyl groups is 1. The number of carbonyl (C=O) groups is 1. The normalized spacial score (nSPS) is 23.6. The lowest BCUT2D eigenvalue weighted by molar-refractivity contribution is -0.0281. The maximum Gasteiger partial charge on any atom is 0.270 e. The minimum absolute atomic E-state index is 0.113. The molecule has 0 spiro atoms. The van der Waals surface area contributed by atoms with Crippen LogP contribution in [0.2, 0.25) is 5.02 Å². The first kappa shape index (κ1) is 36.9. The third kappa shape index (κ3) is 8.13. The molecule has 0 radical (unpaired) electrons. The summed E-state index contributed by atoms with van der Waals surface area (Å²) >= 11 is 14.1. The van der Waals surface area contributed by atoms with Crippen molar-refractivity contribution in [3.63, 3.8) is 0 Å². The quantitative estimate of drug-likeness (QED) is 0.211. The molecule has 2 aromatic heterocycles. The topological polar surface area (TPSA) is 142 Å². The monoisotopic (exact) mass is 732 g/mol. The molecule has 1 amide bonds. The van der Waals surface area contributed by atoms with Crippen molar-refractivity contribution in [2.45, 2.75) is 55.6 Å². The van der Waals surface area contributed by atoms with Gasteiger partial charge in [0.15, 0.2) is 0 Å². The Balaban J connectivity index is 1.31. The molecule has 4 heterocycles. The van der Waals surface area contributed by atoms with E-state index in [-0.39, 0.29) is 24.9 Å². The van der Waals surface area contributed by atoms with E-state index in [1.165, 1.54) is 0 Å². The summed E-state index contributed by atoms with van der Waals surface area (Å²) in [6.07, 6.45) is 7.86. The van der Waals surface area contributed by atoms with Gasteiger partial charge >= 0.3 is 0 Å². The number of hydrogen-bond donors (Lipinski definition) is 3. The fourth-order valence-electron chi connectivity index (χ4n) is 6.88. The Kier molecular flexibility index (Phi) is 12.1. The molecule has 3 aromatic rings. The molecule has 4 atom stereocenters. The molecule has 11 nitrogen and oxygen atoms in total. The number of halogens is 2. The summed E-state index contributed by atoms with van der Waals surface area (Å²) in [6, 6.07) is 15.1. The van der Waals surface area contributed by atoms with Gasteiger partial charge in [-0.15, -0.1) is 11.6 Å². The van der Waals surface area contributed by atoms with Gasteiger partial charge in [0, 0.05) is 69.1 Å². The van der Waals surface area contributed by atoms with Gasteiger partial charge < -0.3 is 30.0 Å². The number of methoxy groups -OCH3 is 2. The zero-order chi connectivity index (χ0) is 36.0. The number of amides is 1. The standard InChI is InChI=1S/C38H42Cl2N6O5/c1-49-22-26-16-32(43-18-27(26)17-42-31-12-15-51-23-33(31)47)36(48)45-38(13-5-7-29(35(38)40)28-6-3-4-8-30(28)39)34-10-9-25(37(44-34)50-2)21-46-19-24(20-46)11-14-41/h3-10,13,16,18,24,31,33,35,42,47H,11-12,15,17,19-23H2,1-2H3,(H,45,48)/t31-,33-,35?,38?/m1/s1. The van der Waals surface area contributed by atoms with Crippen molar-refractivity contribution < 1.29 is 24.1 Å². The Morgan fingerprint density at radius 2 is 2.02 bits per heavy atom. The average Bonchev–Trinajstić information content (AvgIpc) is 3.12. The van der Waals surface area contributed by atoms with Crippen molar-refractivity contribution in [2.75, 3.05) is 40.5 Å². The molecule has 3 aliphatic rings. The zero-order valence-corrected chi connectivity index (χ0v) is 30.2. The van der Waals surface area contributed by atoms with E-state index >= 15 is 0 Å². The predicted molar refractivity (Wildman–Crippen MR) is 194 cm³/mol. The van der Waals surface area contributed by atoms with Gasteiger partial charge in [0.1, 0.15) is 11.2 Å². The molecule has 3 N–H and O–H groups in total. The van der Waals surface area contributed by atoms with E-state index in [1.54, 1.807) is 32.5 Å². The van der Waals surface area contributed by atoms with Gasteiger partial charge in [-0.3, -0.25) is 14.7 Å². The number of benzene rings is 1. The van der Waals surface area contributed by atoms with Crippen LogP contribution in [0, 0.1) is 17.2 Å². The van der Waals surface area contributed by atoms with E-state index in [2.05, 4.69) is 26.6 Å². The van der Waals surface area contributed by atoms with Gasteiger partial charge in [-0.25, -0.2) is 4.98 Å². The van der Waals surface area contributed by atoms with Gasteiger partial charge in [0.05, 0.1) is 43.6 Å². The second-order valence-corrected chi connectivity index (χ2v) is 14.0. The maximum absolute atomic E-state index is 14.3. The molecule has 2 unspecified atom stereocenters. The van der Waals surface area contributed by atoms with Crippen LogP contribution in [0.4, 0.5) is 0 Å². The first-order valence-corrected chi connectivity index (χ1v) is 17.8. The van der Waals surface area contributed by atoms with Crippen molar-refractivity contribution in [2.24, 2.45) is 5.92 Å². The summed E-state index contributed by atoms with van der Waals surface area (Å²) in [5.41, 5.74) is 3.29. The molecule has 13 heteroatoms. The lowest BCUT2D eigenvalue weighted by atomic mass is 9.80. The molecule has 0 saturated carbocycles. The van der Waals surface area contributed by atoms with E-state index < -0.39 is 22.9 Å². The third-order valence-electron chi connectivity index (χ3n) is 9.67. The van der Waals surface area contributed by atoms with Crippen LogP contribution in [-0.2, 0) is 34.7 Å². The van der Waals surface area contributed by atoms with E-state index in [0.29, 0.717) is 60.6 Å². The van der Waals surface area contributed by atoms with Gasteiger partial charge in [0.25, 0.3) is 5.91 Å². The molecule has 2 fully saturated rings. The molecule has 1 aliphatic carbocycles. The molecule has 268 valence electrons. The molecule has 51 heavy (non-hydrogen) atoms. The Morgan fingerprint density at radius 3 is 2.76 bits per heavy atom. The van der Waals surface area contributed by atoms with Crippen molar-refractivity contribution in [3.8, 4) is 11.9 Å². The summed E-state index contributed by atoms with van der Waals surface area (Å²) < 4.78 is 16.6. The van der Waals surface area contributed by atoms with Crippen LogP contribution >= 0.6 is 23.2 Å². The van der Waals surface area contributed by atoms with Crippen LogP contribution < -0.4 is 15.4 Å². The summed E-state index contributed by atoms with van der Waals surface area (Å²) in [4.78, 5) is 26.0. The van der Waals surface area contributed by atoms with Crippen LogP contribution in [0.5, 0.6) is 5.88 Å².